The Balaban J connectivity index is 1.79. The van der Waals surface area contributed by atoms with Gasteiger partial charge in [-0.05, 0) is 18.1 Å². The molecule has 11 heteroatoms. The van der Waals surface area contributed by atoms with E-state index in [2.05, 4.69) is 26.8 Å². The number of hydrogen-bond donors (Lipinski definition) is 4. The van der Waals surface area contributed by atoms with Gasteiger partial charge in [0.25, 0.3) is 5.56 Å². The maximum absolute atomic E-state index is 12.3. The summed E-state index contributed by atoms with van der Waals surface area (Å²) in [4.78, 5) is 37.4. The van der Waals surface area contributed by atoms with Gasteiger partial charge >= 0.3 is 5.69 Å². The molecule has 4 rings (SSSR count). The molecule has 0 aliphatic carbocycles. The first-order valence-electron chi connectivity index (χ1n) is 9.74. The molecule has 11 nitrogen and oxygen atoms in total. The zero-order valence-corrected chi connectivity index (χ0v) is 17.3. The summed E-state index contributed by atoms with van der Waals surface area (Å²) in [5, 5.41) is 30.1. The molecule has 1 aromatic carbocycles. The van der Waals surface area contributed by atoms with E-state index in [1.807, 2.05) is 24.3 Å². The first kappa shape index (κ1) is 21.7. The lowest BCUT2D eigenvalue weighted by Crippen LogP contribution is -2.38. The van der Waals surface area contributed by atoms with Crippen molar-refractivity contribution in [2.75, 3.05) is 25.6 Å². The minimum atomic E-state index is -1.48. The lowest BCUT2D eigenvalue weighted by molar-refractivity contribution is -0.0550. The van der Waals surface area contributed by atoms with Gasteiger partial charge in [0, 0.05) is 25.7 Å². The maximum atomic E-state index is 12.3. The van der Waals surface area contributed by atoms with Crippen LogP contribution < -0.4 is 16.1 Å². The van der Waals surface area contributed by atoms with Crippen molar-refractivity contribution in [2.45, 2.75) is 24.5 Å². The number of hydrogen-bond acceptors (Lipinski definition) is 9. The van der Waals surface area contributed by atoms with Crippen molar-refractivity contribution in [1.82, 2.24) is 19.5 Å². The number of aromatic nitrogens is 4. The molecule has 0 spiro atoms. The van der Waals surface area contributed by atoms with Gasteiger partial charge in [-0.2, -0.15) is 0 Å². The third kappa shape index (κ3) is 3.88. The van der Waals surface area contributed by atoms with Gasteiger partial charge in [0.1, 0.15) is 29.6 Å². The third-order valence-corrected chi connectivity index (χ3v) is 5.07. The number of aliphatic hydroxyl groups is 3. The molecular weight excluding hydrogens is 418 g/mol. The molecule has 0 amide bonds. The predicted octanol–water partition coefficient (Wildman–Crippen LogP) is -1.44. The molecule has 0 unspecified atom stereocenters. The molecule has 166 valence electrons. The van der Waals surface area contributed by atoms with E-state index in [1.54, 1.807) is 19.0 Å². The summed E-state index contributed by atoms with van der Waals surface area (Å²) in [5.74, 6) is 6.02. The molecule has 4 atom stereocenters. The van der Waals surface area contributed by atoms with E-state index in [1.165, 1.54) is 0 Å². The summed E-state index contributed by atoms with van der Waals surface area (Å²) in [6, 6.07) is 7.29. The van der Waals surface area contributed by atoms with E-state index in [9.17, 15) is 24.9 Å². The molecule has 32 heavy (non-hydrogen) atoms. The lowest BCUT2D eigenvalue weighted by atomic mass is 10.1. The van der Waals surface area contributed by atoms with Crippen molar-refractivity contribution >= 4 is 16.9 Å². The van der Waals surface area contributed by atoms with Crippen molar-refractivity contribution in [3.05, 3.63) is 62.6 Å². The second-order valence-corrected chi connectivity index (χ2v) is 7.47. The summed E-state index contributed by atoms with van der Waals surface area (Å²) in [6.45, 7) is -0.547. The zero-order chi connectivity index (χ0) is 23.0. The summed E-state index contributed by atoms with van der Waals surface area (Å²) < 4.78 is 6.30. The average Bonchev–Trinajstić information content (AvgIpc) is 3.06. The minimum Gasteiger partial charge on any atom is -0.394 e. The fourth-order valence-corrected chi connectivity index (χ4v) is 3.36. The van der Waals surface area contributed by atoms with Crippen LogP contribution >= 0.6 is 0 Å². The van der Waals surface area contributed by atoms with Crippen LogP contribution in [0, 0.1) is 11.8 Å². The van der Waals surface area contributed by atoms with Gasteiger partial charge in [-0.1, -0.05) is 18.1 Å². The number of benzene rings is 1. The van der Waals surface area contributed by atoms with Crippen LogP contribution in [0.4, 0.5) is 5.95 Å². The fourth-order valence-electron chi connectivity index (χ4n) is 3.36. The molecule has 0 radical (unpaired) electrons. The summed E-state index contributed by atoms with van der Waals surface area (Å²) in [5.41, 5.74) is -0.573. The van der Waals surface area contributed by atoms with Crippen LogP contribution in [0.1, 0.15) is 17.5 Å². The second kappa shape index (κ2) is 8.52. The van der Waals surface area contributed by atoms with Crippen LogP contribution in [0.5, 0.6) is 0 Å². The highest BCUT2D eigenvalue weighted by molar-refractivity contribution is 5.84. The van der Waals surface area contributed by atoms with Gasteiger partial charge in [0.2, 0.25) is 5.95 Å². The van der Waals surface area contributed by atoms with E-state index in [0.717, 1.165) is 10.8 Å². The first-order chi connectivity index (χ1) is 15.3. The Bertz CT molecular complexity index is 1340. The number of nitrogens with one attached hydrogen (secondary N) is 1. The Labute approximate surface area is 181 Å². The van der Waals surface area contributed by atoms with E-state index in [4.69, 9.17) is 4.74 Å². The summed E-state index contributed by atoms with van der Waals surface area (Å²) in [6.07, 6.45) is -4.10. The van der Waals surface area contributed by atoms with E-state index in [0.29, 0.717) is 22.5 Å². The molecule has 1 fully saturated rings. The smallest absolute Gasteiger partial charge is 0.330 e. The highest BCUT2D eigenvalue weighted by Gasteiger charge is 2.43. The van der Waals surface area contributed by atoms with Crippen LogP contribution in [0.3, 0.4) is 0 Å². The van der Waals surface area contributed by atoms with Crippen LogP contribution in [0.2, 0.25) is 0 Å². The molecular formula is C21H21N5O6. The second-order valence-electron chi connectivity index (χ2n) is 7.47. The number of H-pyrrole nitrogens is 1. The van der Waals surface area contributed by atoms with Crippen molar-refractivity contribution in [1.29, 1.82) is 0 Å². The Morgan fingerprint density at radius 1 is 1.16 bits per heavy atom. The zero-order valence-electron chi connectivity index (χ0n) is 17.3. The monoisotopic (exact) mass is 439 g/mol. The topological polar surface area (TPSA) is 154 Å². The predicted molar refractivity (Wildman–Crippen MR) is 114 cm³/mol. The lowest BCUT2D eigenvalue weighted by Gasteiger charge is -2.17. The Morgan fingerprint density at radius 3 is 2.59 bits per heavy atom. The average molecular weight is 439 g/mol. The normalized spacial score (nSPS) is 22.5. The fraction of sp³-hybridized carbons (Fsp3) is 0.333. The van der Waals surface area contributed by atoms with Crippen molar-refractivity contribution in [3.63, 3.8) is 0 Å². The number of nitrogens with zero attached hydrogens (tertiary/aromatic N) is 4. The minimum absolute atomic E-state index is 0.0727. The first-order valence-corrected chi connectivity index (χ1v) is 9.74. The van der Waals surface area contributed by atoms with Gasteiger partial charge in [-0.15, -0.1) is 0 Å². The van der Waals surface area contributed by atoms with Crippen LogP contribution in [0.15, 0.2) is 40.1 Å². The van der Waals surface area contributed by atoms with E-state index >= 15 is 0 Å². The van der Waals surface area contributed by atoms with Crippen molar-refractivity contribution in [2.24, 2.45) is 0 Å². The van der Waals surface area contributed by atoms with Crippen LogP contribution in [-0.2, 0) is 4.74 Å². The number of anilines is 1. The quantitative estimate of drug-likeness (QED) is 0.359. The van der Waals surface area contributed by atoms with Gasteiger partial charge < -0.3 is 25.0 Å². The molecule has 3 aromatic rings. The Morgan fingerprint density at radius 2 is 1.91 bits per heavy atom. The SMILES string of the molecule is CN(C)c1nc(C#Cc2cn([C@@H]3O[C@H](CO)[C@@H](O)[C@H]3O)c(=O)[nH]c2=O)c2ccccc2n1. The molecule has 0 saturated carbocycles. The number of rotatable bonds is 3. The van der Waals surface area contributed by atoms with Crippen molar-refractivity contribution < 1.29 is 20.1 Å². The number of aromatic amines is 1. The Hall–Kier alpha value is -3.56. The van der Waals surface area contributed by atoms with Crippen LogP contribution in [0.25, 0.3) is 10.9 Å². The van der Waals surface area contributed by atoms with Gasteiger partial charge in [-0.25, -0.2) is 14.8 Å². The molecule has 2 aromatic heterocycles. The molecule has 1 saturated heterocycles. The van der Waals surface area contributed by atoms with Crippen LogP contribution in [-0.4, -0.2) is 73.9 Å². The van der Waals surface area contributed by atoms with E-state index in [-0.39, 0.29) is 5.56 Å². The molecule has 4 N–H and O–H groups in total. The molecule has 0 bridgehead atoms. The molecule has 3 heterocycles. The van der Waals surface area contributed by atoms with Gasteiger partial charge in [-0.3, -0.25) is 14.3 Å². The largest absolute Gasteiger partial charge is 0.394 e. The van der Waals surface area contributed by atoms with Gasteiger partial charge in [0.15, 0.2) is 6.23 Å². The third-order valence-electron chi connectivity index (χ3n) is 5.07. The number of para-hydroxylation sites is 1. The number of fused-ring (bicyclic) bond motifs is 1. The Kier molecular flexibility index (Phi) is 5.77. The maximum Gasteiger partial charge on any atom is 0.330 e. The molecule has 1 aliphatic rings. The number of aliphatic hydroxyl groups excluding tert-OH is 3. The van der Waals surface area contributed by atoms with Crippen molar-refractivity contribution in [3.8, 4) is 11.8 Å². The molecule has 1 aliphatic heterocycles. The number of ether oxygens (including phenoxy) is 1. The summed E-state index contributed by atoms with van der Waals surface area (Å²) in [7, 11) is 3.59. The van der Waals surface area contributed by atoms with E-state index < -0.39 is 42.4 Å². The van der Waals surface area contributed by atoms with Gasteiger partial charge in [0.05, 0.1) is 12.1 Å². The highest BCUT2D eigenvalue weighted by Crippen LogP contribution is 2.28. The summed E-state index contributed by atoms with van der Waals surface area (Å²) >= 11 is 0. The highest BCUT2D eigenvalue weighted by atomic mass is 16.6. The standard InChI is InChI=1S/C21H21N5O6/c1-25(2)20-22-13-6-4-3-5-12(13)14(23-20)8-7-11-9-26(21(31)24-18(11)30)19-17(29)16(28)15(10-27)32-19/h3-6,9,15-17,19,27-29H,10H2,1-2H3,(H,24,30,31)/t15-,16-,17-,19-/m1/s1.